The minimum Gasteiger partial charge on any atom is -0.457 e. The molecule has 1 aliphatic heterocycles. The summed E-state index contributed by atoms with van der Waals surface area (Å²) in [4.78, 5) is 2.34. The lowest BCUT2D eigenvalue weighted by Gasteiger charge is -2.37. The number of benzene rings is 2. The minimum absolute atomic E-state index is 0.0128. The first-order chi connectivity index (χ1) is 11.3. The third kappa shape index (κ3) is 4.10. The standard InChI is InChI=1S/C19H24N2O2/c1-15-13-21(11-10-20-15)19(14-22)16-6-5-9-18(12-16)23-17-7-3-2-4-8-17/h2-9,12,15,19-20,22H,10-11,13-14H2,1H3. The van der Waals surface area contributed by atoms with Gasteiger partial charge in [-0.05, 0) is 36.8 Å². The zero-order valence-corrected chi connectivity index (χ0v) is 13.5. The number of ether oxygens (including phenoxy) is 1. The first-order valence-corrected chi connectivity index (χ1v) is 8.17. The molecule has 2 atom stereocenters. The van der Waals surface area contributed by atoms with Gasteiger partial charge in [0.25, 0.3) is 0 Å². The molecule has 0 radical (unpaired) electrons. The summed E-state index contributed by atoms with van der Waals surface area (Å²) in [5.74, 6) is 1.62. The Hall–Kier alpha value is -1.88. The van der Waals surface area contributed by atoms with Crippen LogP contribution in [0.4, 0.5) is 0 Å². The predicted molar refractivity (Wildman–Crippen MR) is 91.8 cm³/mol. The number of para-hydroxylation sites is 1. The number of aliphatic hydroxyl groups is 1. The van der Waals surface area contributed by atoms with E-state index >= 15 is 0 Å². The summed E-state index contributed by atoms with van der Waals surface area (Å²) in [6.07, 6.45) is 0. The van der Waals surface area contributed by atoms with Crippen molar-refractivity contribution in [3.05, 3.63) is 60.2 Å². The van der Waals surface area contributed by atoms with Gasteiger partial charge in [0, 0.05) is 25.7 Å². The number of rotatable bonds is 5. The molecule has 23 heavy (non-hydrogen) atoms. The maximum Gasteiger partial charge on any atom is 0.127 e. The Labute approximate surface area is 137 Å². The molecule has 1 heterocycles. The van der Waals surface area contributed by atoms with Crippen molar-refractivity contribution in [2.75, 3.05) is 26.2 Å². The molecule has 0 spiro atoms. The van der Waals surface area contributed by atoms with Crippen molar-refractivity contribution in [1.29, 1.82) is 0 Å². The van der Waals surface area contributed by atoms with Gasteiger partial charge >= 0.3 is 0 Å². The van der Waals surface area contributed by atoms with Crippen LogP contribution >= 0.6 is 0 Å². The predicted octanol–water partition coefficient (Wildman–Crippen LogP) is 2.81. The SMILES string of the molecule is CC1CN(C(CO)c2cccc(Oc3ccccc3)c2)CCN1. The van der Waals surface area contributed by atoms with E-state index in [-0.39, 0.29) is 12.6 Å². The molecule has 1 saturated heterocycles. The highest BCUT2D eigenvalue weighted by Gasteiger charge is 2.24. The second-order valence-electron chi connectivity index (χ2n) is 6.04. The van der Waals surface area contributed by atoms with Crippen molar-refractivity contribution < 1.29 is 9.84 Å². The summed E-state index contributed by atoms with van der Waals surface area (Å²) in [6, 6.07) is 18.2. The Kier molecular flexibility index (Phi) is 5.28. The lowest BCUT2D eigenvalue weighted by Crippen LogP contribution is -2.50. The van der Waals surface area contributed by atoms with Crippen molar-refractivity contribution in [2.24, 2.45) is 0 Å². The number of nitrogens with zero attached hydrogens (tertiary/aromatic N) is 1. The van der Waals surface area contributed by atoms with Crippen LogP contribution < -0.4 is 10.1 Å². The van der Waals surface area contributed by atoms with Crippen molar-refractivity contribution in [1.82, 2.24) is 10.2 Å². The van der Waals surface area contributed by atoms with Crippen LogP contribution in [0.1, 0.15) is 18.5 Å². The van der Waals surface area contributed by atoms with E-state index in [1.54, 1.807) is 0 Å². The summed E-state index contributed by atoms with van der Waals surface area (Å²) in [6.45, 7) is 5.13. The summed E-state index contributed by atoms with van der Waals surface area (Å²) in [5.41, 5.74) is 1.09. The van der Waals surface area contributed by atoms with Crippen LogP contribution in [0.3, 0.4) is 0 Å². The molecule has 1 fully saturated rings. The Morgan fingerprint density at radius 1 is 1.17 bits per heavy atom. The summed E-state index contributed by atoms with van der Waals surface area (Å²) in [5, 5.41) is 13.3. The summed E-state index contributed by atoms with van der Waals surface area (Å²) >= 11 is 0. The van der Waals surface area contributed by atoms with Gasteiger partial charge in [0.15, 0.2) is 0 Å². The molecule has 2 aromatic carbocycles. The molecular formula is C19H24N2O2. The van der Waals surface area contributed by atoms with Crippen molar-refractivity contribution in [2.45, 2.75) is 19.0 Å². The molecule has 1 aliphatic rings. The smallest absolute Gasteiger partial charge is 0.127 e. The van der Waals surface area contributed by atoms with Crippen molar-refractivity contribution in [3.8, 4) is 11.5 Å². The van der Waals surface area contributed by atoms with E-state index in [9.17, 15) is 5.11 Å². The molecule has 122 valence electrons. The number of aliphatic hydroxyl groups excluding tert-OH is 1. The van der Waals surface area contributed by atoms with E-state index < -0.39 is 0 Å². The monoisotopic (exact) mass is 312 g/mol. The quantitative estimate of drug-likeness (QED) is 0.891. The third-order valence-corrected chi connectivity index (χ3v) is 4.24. The number of hydrogen-bond acceptors (Lipinski definition) is 4. The molecule has 0 aliphatic carbocycles. The first-order valence-electron chi connectivity index (χ1n) is 8.17. The molecule has 0 amide bonds. The minimum atomic E-state index is 0.0128. The highest BCUT2D eigenvalue weighted by Crippen LogP contribution is 2.27. The second kappa shape index (κ2) is 7.59. The maximum atomic E-state index is 9.90. The highest BCUT2D eigenvalue weighted by molar-refractivity contribution is 5.35. The zero-order valence-electron chi connectivity index (χ0n) is 13.5. The van der Waals surface area contributed by atoms with Crippen LogP contribution in [-0.4, -0.2) is 42.3 Å². The van der Waals surface area contributed by atoms with Gasteiger partial charge in [0.2, 0.25) is 0 Å². The van der Waals surface area contributed by atoms with Gasteiger partial charge in [-0.2, -0.15) is 0 Å². The number of piperazine rings is 1. The average molecular weight is 312 g/mol. The fourth-order valence-electron chi connectivity index (χ4n) is 3.09. The van der Waals surface area contributed by atoms with E-state index in [2.05, 4.69) is 23.2 Å². The van der Waals surface area contributed by atoms with Crippen LogP contribution in [0, 0.1) is 0 Å². The van der Waals surface area contributed by atoms with Crippen LogP contribution in [0.15, 0.2) is 54.6 Å². The molecule has 4 heteroatoms. The van der Waals surface area contributed by atoms with Crippen molar-refractivity contribution >= 4 is 0 Å². The van der Waals surface area contributed by atoms with Crippen LogP contribution in [0.5, 0.6) is 11.5 Å². The van der Waals surface area contributed by atoms with Gasteiger partial charge in [-0.3, -0.25) is 4.90 Å². The topological polar surface area (TPSA) is 44.7 Å². The van der Waals surface area contributed by atoms with Crippen LogP contribution in [-0.2, 0) is 0 Å². The van der Waals surface area contributed by atoms with Crippen molar-refractivity contribution in [3.63, 3.8) is 0 Å². The van der Waals surface area contributed by atoms with E-state index in [0.29, 0.717) is 6.04 Å². The molecule has 0 bridgehead atoms. The second-order valence-corrected chi connectivity index (χ2v) is 6.04. The molecule has 0 aromatic heterocycles. The molecule has 2 unspecified atom stereocenters. The van der Waals surface area contributed by atoms with Gasteiger partial charge in [-0.25, -0.2) is 0 Å². The Morgan fingerprint density at radius 3 is 2.70 bits per heavy atom. The fraction of sp³-hybridized carbons (Fsp3) is 0.368. The molecule has 2 N–H and O–H groups in total. The Balaban J connectivity index is 1.77. The molecule has 2 aromatic rings. The first kappa shape index (κ1) is 16.0. The largest absolute Gasteiger partial charge is 0.457 e. The van der Waals surface area contributed by atoms with E-state index in [4.69, 9.17) is 4.74 Å². The van der Waals surface area contributed by atoms with Gasteiger partial charge in [0.05, 0.1) is 12.6 Å². The van der Waals surface area contributed by atoms with Crippen LogP contribution in [0.2, 0.25) is 0 Å². The van der Waals surface area contributed by atoms with Gasteiger partial charge in [-0.15, -0.1) is 0 Å². The molecule has 0 saturated carbocycles. The van der Waals surface area contributed by atoms with Crippen LogP contribution in [0.25, 0.3) is 0 Å². The van der Waals surface area contributed by atoms with Gasteiger partial charge in [-0.1, -0.05) is 30.3 Å². The lowest BCUT2D eigenvalue weighted by atomic mass is 10.0. The van der Waals surface area contributed by atoms with E-state index in [1.165, 1.54) is 0 Å². The van der Waals surface area contributed by atoms with Gasteiger partial charge in [0.1, 0.15) is 11.5 Å². The lowest BCUT2D eigenvalue weighted by molar-refractivity contribution is 0.0962. The molecule has 4 nitrogen and oxygen atoms in total. The number of hydrogen-bond donors (Lipinski definition) is 2. The third-order valence-electron chi connectivity index (χ3n) is 4.24. The van der Waals surface area contributed by atoms with E-state index in [1.807, 2.05) is 48.5 Å². The highest BCUT2D eigenvalue weighted by atomic mass is 16.5. The average Bonchev–Trinajstić information content (AvgIpc) is 2.57. The normalized spacial score (nSPS) is 20.2. The Morgan fingerprint density at radius 2 is 1.96 bits per heavy atom. The molecule has 3 rings (SSSR count). The van der Waals surface area contributed by atoms with E-state index in [0.717, 1.165) is 36.7 Å². The zero-order chi connectivity index (χ0) is 16.1. The van der Waals surface area contributed by atoms with Gasteiger partial charge < -0.3 is 15.2 Å². The summed E-state index contributed by atoms with van der Waals surface area (Å²) in [7, 11) is 0. The Bertz CT molecular complexity index is 618. The maximum absolute atomic E-state index is 9.90. The number of nitrogens with one attached hydrogen (secondary N) is 1. The summed E-state index contributed by atoms with van der Waals surface area (Å²) < 4.78 is 5.91. The fourth-order valence-corrected chi connectivity index (χ4v) is 3.09. The molecular weight excluding hydrogens is 288 g/mol.